The van der Waals surface area contributed by atoms with Gasteiger partial charge in [-0.15, -0.1) is 0 Å². The van der Waals surface area contributed by atoms with E-state index in [0.29, 0.717) is 19.6 Å². The van der Waals surface area contributed by atoms with Crippen molar-refractivity contribution in [1.82, 2.24) is 10.2 Å². The molecule has 112 valence electrons. The lowest BCUT2D eigenvalue weighted by atomic mass is 10.1. The molecule has 0 unspecified atom stereocenters. The first-order chi connectivity index (χ1) is 9.40. The fraction of sp³-hybridized carbons (Fsp3) is 0.571. The van der Waals surface area contributed by atoms with E-state index < -0.39 is 11.7 Å². The van der Waals surface area contributed by atoms with Crippen LogP contribution in [0.3, 0.4) is 0 Å². The highest BCUT2D eigenvalue weighted by atomic mass is 19.4. The third kappa shape index (κ3) is 3.64. The largest absolute Gasteiger partial charge is 0.465 e. The molecule has 1 N–H and O–H groups in total. The van der Waals surface area contributed by atoms with Crippen LogP contribution in [-0.2, 0) is 13.1 Å². The lowest BCUT2D eigenvalue weighted by Gasteiger charge is -2.26. The third-order valence-corrected chi connectivity index (χ3v) is 3.48. The predicted octanol–water partition coefficient (Wildman–Crippen LogP) is 3.00. The minimum absolute atomic E-state index is 0.0482. The summed E-state index contributed by atoms with van der Waals surface area (Å²) in [7, 11) is 1.86. The van der Waals surface area contributed by atoms with Gasteiger partial charge in [-0.25, -0.2) is 0 Å². The van der Waals surface area contributed by atoms with E-state index in [0.717, 1.165) is 23.6 Å². The van der Waals surface area contributed by atoms with E-state index in [9.17, 15) is 13.2 Å². The summed E-state index contributed by atoms with van der Waals surface area (Å²) in [5.41, 5.74) is 0.672. The van der Waals surface area contributed by atoms with E-state index in [1.807, 2.05) is 24.9 Å². The topological polar surface area (TPSA) is 28.4 Å². The molecule has 0 spiro atoms. The summed E-state index contributed by atoms with van der Waals surface area (Å²) < 4.78 is 43.2. The van der Waals surface area contributed by atoms with Gasteiger partial charge in [0.25, 0.3) is 0 Å². The SMILES string of the molecule is CNCc1cc(CN2CC=C(C(F)(F)F)CC2)oc1C. The number of nitrogens with zero attached hydrogens (tertiary/aromatic N) is 1. The maximum atomic E-state index is 12.5. The average Bonchev–Trinajstić information content (AvgIpc) is 2.70. The number of nitrogens with one attached hydrogen (secondary N) is 1. The number of alkyl halides is 3. The molecule has 20 heavy (non-hydrogen) atoms. The highest BCUT2D eigenvalue weighted by Gasteiger charge is 2.34. The van der Waals surface area contributed by atoms with E-state index in [-0.39, 0.29) is 6.42 Å². The fourth-order valence-corrected chi connectivity index (χ4v) is 2.36. The minimum Gasteiger partial charge on any atom is -0.465 e. The number of halogens is 3. The summed E-state index contributed by atoms with van der Waals surface area (Å²) in [6.45, 7) is 3.90. The van der Waals surface area contributed by atoms with Crippen molar-refractivity contribution in [3.63, 3.8) is 0 Å². The summed E-state index contributed by atoms with van der Waals surface area (Å²) in [5, 5.41) is 3.06. The number of hydrogen-bond acceptors (Lipinski definition) is 3. The quantitative estimate of drug-likeness (QED) is 0.863. The molecule has 0 atom stereocenters. The monoisotopic (exact) mass is 288 g/mol. The van der Waals surface area contributed by atoms with Crippen LogP contribution in [0.1, 0.15) is 23.5 Å². The van der Waals surface area contributed by atoms with Gasteiger partial charge in [-0.3, -0.25) is 4.90 Å². The fourth-order valence-electron chi connectivity index (χ4n) is 2.36. The molecule has 0 saturated heterocycles. The van der Waals surface area contributed by atoms with Gasteiger partial charge in [-0.1, -0.05) is 6.08 Å². The molecule has 1 aromatic rings. The molecule has 0 fully saturated rings. The molecular formula is C14H19F3N2O. The number of aryl methyl sites for hydroxylation is 1. The van der Waals surface area contributed by atoms with Gasteiger partial charge in [0.05, 0.1) is 6.54 Å². The van der Waals surface area contributed by atoms with Crippen molar-refractivity contribution >= 4 is 0 Å². The van der Waals surface area contributed by atoms with Crippen LogP contribution < -0.4 is 5.32 Å². The van der Waals surface area contributed by atoms with Crippen LogP contribution in [0.4, 0.5) is 13.2 Å². The summed E-state index contributed by atoms with van der Waals surface area (Å²) in [5.74, 6) is 1.66. The van der Waals surface area contributed by atoms with Crippen LogP contribution in [0.15, 0.2) is 22.1 Å². The molecule has 0 radical (unpaired) electrons. The van der Waals surface area contributed by atoms with Crippen LogP contribution in [0.2, 0.25) is 0 Å². The Labute approximate surface area is 116 Å². The van der Waals surface area contributed by atoms with Gasteiger partial charge in [0.1, 0.15) is 11.5 Å². The molecule has 3 nitrogen and oxygen atoms in total. The van der Waals surface area contributed by atoms with E-state index >= 15 is 0 Å². The van der Waals surface area contributed by atoms with Gasteiger partial charge in [-0.2, -0.15) is 13.2 Å². The van der Waals surface area contributed by atoms with E-state index in [2.05, 4.69) is 5.32 Å². The zero-order valence-corrected chi connectivity index (χ0v) is 11.7. The lowest BCUT2D eigenvalue weighted by Crippen LogP contribution is -2.31. The Bertz CT molecular complexity index is 491. The Morgan fingerprint density at radius 2 is 2.15 bits per heavy atom. The Hall–Kier alpha value is -1.27. The summed E-state index contributed by atoms with van der Waals surface area (Å²) in [6.07, 6.45) is -2.87. The lowest BCUT2D eigenvalue weighted by molar-refractivity contribution is -0.0961. The first kappa shape index (κ1) is 15.1. The second kappa shape index (κ2) is 6.01. The van der Waals surface area contributed by atoms with Crippen molar-refractivity contribution in [3.8, 4) is 0 Å². The van der Waals surface area contributed by atoms with Crippen LogP contribution in [0.5, 0.6) is 0 Å². The van der Waals surface area contributed by atoms with Crippen molar-refractivity contribution in [3.05, 3.63) is 34.8 Å². The number of furan rings is 1. The van der Waals surface area contributed by atoms with Crippen molar-refractivity contribution < 1.29 is 17.6 Å². The standard InChI is InChI=1S/C14H19F3N2O/c1-10-11(8-18-2)7-13(20-10)9-19-5-3-12(4-6-19)14(15,16)17/h3,7,18H,4-6,8-9H2,1-2H3. The zero-order valence-electron chi connectivity index (χ0n) is 11.7. The first-order valence-electron chi connectivity index (χ1n) is 6.61. The zero-order chi connectivity index (χ0) is 14.8. The molecule has 2 rings (SSSR count). The Balaban J connectivity index is 1.96. The van der Waals surface area contributed by atoms with Crippen molar-refractivity contribution in [1.29, 1.82) is 0 Å². The predicted molar refractivity (Wildman–Crippen MR) is 70.2 cm³/mol. The van der Waals surface area contributed by atoms with Gasteiger partial charge >= 0.3 is 6.18 Å². The highest BCUT2D eigenvalue weighted by molar-refractivity contribution is 5.21. The van der Waals surface area contributed by atoms with E-state index in [1.54, 1.807) is 0 Å². The molecule has 0 bridgehead atoms. The maximum Gasteiger partial charge on any atom is 0.412 e. The van der Waals surface area contributed by atoms with Gasteiger partial charge in [0.15, 0.2) is 0 Å². The van der Waals surface area contributed by atoms with Crippen LogP contribution in [-0.4, -0.2) is 31.2 Å². The minimum atomic E-state index is -4.19. The second-order valence-corrected chi connectivity index (χ2v) is 5.04. The van der Waals surface area contributed by atoms with Crippen molar-refractivity contribution in [2.24, 2.45) is 0 Å². The number of hydrogen-bond donors (Lipinski definition) is 1. The summed E-state index contributed by atoms with van der Waals surface area (Å²) >= 11 is 0. The molecular weight excluding hydrogens is 269 g/mol. The molecule has 0 aromatic carbocycles. The van der Waals surface area contributed by atoms with Gasteiger partial charge in [0, 0.05) is 30.8 Å². The van der Waals surface area contributed by atoms with Crippen molar-refractivity contribution in [2.75, 3.05) is 20.1 Å². The van der Waals surface area contributed by atoms with E-state index in [4.69, 9.17) is 4.42 Å². The van der Waals surface area contributed by atoms with Crippen LogP contribution in [0.25, 0.3) is 0 Å². The molecule has 1 aromatic heterocycles. The third-order valence-electron chi connectivity index (χ3n) is 3.48. The molecule has 1 aliphatic heterocycles. The smallest absolute Gasteiger partial charge is 0.412 e. The van der Waals surface area contributed by atoms with Crippen LogP contribution >= 0.6 is 0 Å². The normalized spacial score (nSPS) is 17.4. The molecule has 0 amide bonds. The molecule has 2 heterocycles. The van der Waals surface area contributed by atoms with Gasteiger partial charge < -0.3 is 9.73 Å². The van der Waals surface area contributed by atoms with Crippen molar-refractivity contribution in [2.45, 2.75) is 32.6 Å². The average molecular weight is 288 g/mol. The maximum absolute atomic E-state index is 12.5. The number of rotatable bonds is 4. The van der Waals surface area contributed by atoms with Gasteiger partial charge in [0.2, 0.25) is 0 Å². The summed E-state index contributed by atoms with van der Waals surface area (Å²) in [6, 6.07) is 1.97. The molecule has 0 aliphatic carbocycles. The van der Waals surface area contributed by atoms with Gasteiger partial charge in [-0.05, 0) is 26.5 Å². The Morgan fingerprint density at radius 3 is 2.70 bits per heavy atom. The molecule has 1 aliphatic rings. The molecule has 0 saturated carbocycles. The first-order valence-corrected chi connectivity index (χ1v) is 6.61. The Kier molecular flexibility index (Phi) is 4.55. The van der Waals surface area contributed by atoms with E-state index in [1.165, 1.54) is 6.08 Å². The Morgan fingerprint density at radius 1 is 1.40 bits per heavy atom. The molecule has 6 heteroatoms. The highest BCUT2D eigenvalue weighted by Crippen LogP contribution is 2.30. The second-order valence-electron chi connectivity index (χ2n) is 5.04. The van der Waals surface area contributed by atoms with Crippen LogP contribution in [0, 0.1) is 6.92 Å². The summed E-state index contributed by atoms with van der Waals surface area (Å²) in [4.78, 5) is 1.96.